The van der Waals surface area contributed by atoms with E-state index in [4.69, 9.17) is 0 Å². The Kier molecular flexibility index (Phi) is 3.00. The smallest absolute Gasteiger partial charge is 0.141 e. The van der Waals surface area contributed by atoms with Crippen LogP contribution in [-0.2, 0) is 0 Å². The Morgan fingerprint density at radius 1 is 1.40 bits per heavy atom. The first-order valence-corrected chi connectivity index (χ1v) is 5.54. The van der Waals surface area contributed by atoms with Crippen molar-refractivity contribution < 1.29 is 4.39 Å². The molecule has 1 aromatic heterocycles. The molecular weight excluding hydrogens is 191 g/mol. The molecule has 0 bridgehead atoms. The van der Waals surface area contributed by atoms with Crippen molar-refractivity contribution in [2.45, 2.75) is 38.8 Å². The highest BCUT2D eigenvalue weighted by Crippen LogP contribution is 2.40. The van der Waals surface area contributed by atoms with Crippen molar-refractivity contribution in [3.8, 4) is 0 Å². The van der Waals surface area contributed by atoms with E-state index < -0.39 is 0 Å². The lowest BCUT2D eigenvalue weighted by Crippen LogP contribution is -2.30. The maximum atomic E-state index is 12.7. The van der Waals surface area contributed by atoms with Crippen LogP contribution in [0.4, 0.5) is 4.39 Å². The van der Waals surface area contributed by atoms with E-state index >= 15 is 0 Å². The number of nitrogens with one attached hydrogen (secondary N) is 1. The van der Waals surface area contributed by atoms with Gasteiger partial charge in [0, 0.05) is 6.04 Å². The van der Waals surface area contributed by atoms with Gasteiger partial charge in [-0.1, -0.05) is 13.8 Å². The van der Waals surface area contributed by atoms with Crippen LogP contribution in [0.3, 0.4) is 0 Å². The van der Waals surface area contributed by atoms with Crippen molar-refractivity contribution in [1.29, 1.82) is 0 Å². The van der Waals surface area contributed by atoms with E-state index in [0.29, 0.717) is 18.0 Å². The number of rotatable bonds is 4. The van der Waals surface area contributed by atoms with Gasteiger partial charge in [0.05, 0.1) is 17.9 Å². The average molecular weight is 208 g/mol. The SMILES string of the molecule is CC(C)NC(c1ccc(F)cn1)C1CC1. The number of hydrogen-bond acceptors (Lipinski definition) is 2. The predicted molar refractivity (Wildman–Crippen MR) is 57.9 cm³/mol. The summed E-state index contributed by atoms with van der Waals surface area (Å²) < 4.78 is 12.7. The van der Waals surface area contributed by atoms with Crippen LogP contribution in [0.1, 0.15) is 38.4 Å². The number of pyridine rings is 1. The van der Waals surface area contributed by atoms with Crippen molar-refractivity contribution in [2.75, 3.05) is 0 Å². The second-order valence-electron chi connectivity index (χ2n) is 4.54. The van der Waals surface area contributed by atoms with Crippen LogP contribution in [0.2, 0.25) is 0 Å². The van der Waals surface area contributed by atoms with Crippen LogP contribution in [0.5, 0.6) is 0 Å². The van der Waals surface area contributed by atoms with Gasteiger partial charge in [-0.3, -0.25) is 4.98 Å². The van der Waals surface area contributed by atoms with Crippen molar-refractivity contribution in [3.05, 3.63) is 29.8 Å². The molecule has 1 aliphatic carbocycles. The van der Waals surface area contributed by atoms with E-state index in [1.54, 1.807) is 6.07 Å². The van der Waals surface area contributed by atoms with Gasteiger partial charge in [-0.2, -0.15) is 0 Å². The average Bonchev–Trinajstić information content (AvgIpc) is 2.99. The largest absolute Gasteiger partial charge is 0.306 e. The third-order valence-electron chi connectivity index (χ3n) is 2.68. The van der Waals surface area contributed by atoms with Gasteiger partial charge in [0.2, 0.25) is 0 Å². The molecule has 15 heavy (non-hydrogen) atoms. The molecule has 1 atom stereocenters. The minimum Gasteiger partial charge on any atom is -0.306 e. The van der Waals surface area contributed by atoms with Gasteiger partial charge in [-0.05, 0) is 30.9 Å². The molecule has 1 N–H and O–H groups in total. The van der Waals surface area contributed by atoms with Crippen LogP contribution in [0, 0.1) is 11.7 Å². The Balaban J connectivity index is 2.13. The Labute approximate surface area is 89.9 Å². The van der Waals surface area contributed by atoms with Crippen LogP contribution < -0.4 is 5.32 Å². The zero-order chi connectivity index (χ0) is 10.8. The molecule has 82 valence electrons. The molecule has 1 saturated carbocycles. The van der Waals surface area contributed by atoms with Gasteiger partial charge in [0.1, 0.15) is 5.82 Å². The number of aromatic nitrogens is 1. The standard InChI is InChI=1S/C12H17FN2/c1-8(2)15-12(9-3-4-9)11-6-5-10(13)7-14-11/h5-9,12,15H,3-4H2,1-2H3. The third kappa shape index (κ3) is 2.75. The first-order chi connectivity index (χ1) is 7.16. The van der Waals surface area contributed by atoms with Crippen LogP contribution in [0.15, 0.2) is 18.3 Å². The van der Waals surface area contributed by atoms with E-state index in [2.05, 4.69) is 24.1 Å². The van der Waals surface area contributed by atoms with Crippen LogP contribution in [0.25, 0.3) is 0 Å². The van der Waals surface area contributed by atoms with E-state index in [1.807, 2.05) is 0 Å². The molecule has 0 saturated heterocycles. The molecule has 2 rings (SSSR count). The molecule has 0 amide bonds. The topological polar surface area (TPSA) is 24.9 Å². The highest BCUT2D eigenvalue weighted by molar-refractivity contribution is 5.13. The fraction of sp³-hybridized carbons (Fsp3) is 0.583. The van der Waals surface area contributed by atoms with Crippen LogP contribution in [-0.4, -0.2) is 11.0 Å². The Hall–Kier alpha value is -0.960. The lowest BCUT2D eigenvalue weighted by Gasteiger charge is -2.20. The van der Waals surface area contributed by atoms with E-state index in [0.717, 1.165) is 5.69 Å². The molecular formula is C12H17FN2. The molecule has 1 aromatic rings. The summed E-state index contributed by atoms with van der Waals surface area (Å²) in [7, 11) is 0. The summed E-state index contributed by atoms with van der Waals surface area (Å²) in [5.74, 6) is 0.420. The highest BCUT2D eigenvalue weighted by atomic mass is 19.1. The molecule has 2 nitrogen and oxygen atoms in total. The molecule has 1 aliphatic rings. The fourth-order valence-corrected chi connectivity index (χ4v) is 1.82. The van der Waals surface area contributed by atoms with E-state index in [-0.39, 0.29) is 5.82 Å². The zero-order valence-electron chi connectivity index (χ0n) is 9.20. The lowest BCUT2D eigenvalue weighted by molar-refractivity contribution is 0.427. The Bertz CT molecular complexity index is 317. The summed E-state index contributed by atoms with van der Waals surface area (Å²) in [5.41, 5.74) is 0.965. The Morgan fingerprint density at radius 2 is 2.13 bits per heavy atom. The summed E-state index contributed by atoms with van der Waals surface area (Å²) in [4.78, 5) is 4.16. The molecule has 0 aromatic carbocycles. The maximum absolute atomic E-state index is 12.7. The van der Waals surface area contributed by atoms with E-state index in [9.17, 15) is 4.39 Å². The minimum absolute atomic E-state index is 0.266. The fourth-order valence-electron chi connectivity index (χ4n) is 1.82. The first-order valence-electron chi connectivity index (χ1n) is 5.54. The lowest BCUT2D eigenvalue weighted by atomic mass is 10.1. The van der Waals surface area contributed by atoms with Crippen molar-refractivity contribution in [1.82, 2.24) is 10.3 Å². The molecule has 3 heteroatoms. The van der Waals surface area contributed by atoms with Gasteiger partial charge >= 0.3 is 0 Å². The molecule has 1 heterocycles. The normalized spacial score (nSPS) is 18.1. The van der Waals surface area contributed by atoms with Crippen molar-refractivity contribution in [3.63, 3.8) is 0 Å². The molecule has 0 spiro atoms. The third-order valence-corrected chi connectivity index (χ3v) is 2.68. The number of halogens is 1. The van der Waals surface area contributed by atoms with Gasteiger partial charge in [-0.15, -0.1) is 0 Å². The van der Waals surface area contributed by atoms with Gasteiger partial charge < -0.3 is 5.32 Å². The number of nitrogens with zero attached hydrogens (tertiary/aromatic N) is 1. The summed E-state index contributed by atoms with van der Waals surface area (Å²) >= 11 is 0. The van der Waals surface area contributed by atoms with Gasteiger partial charge in [0.25, 0.3) is 0 Å². The summed E-state index contributed by atoms with van der Waals surface area (Å²) in [5, 5.41) is 3.49. The number of hydrogen-bond donors (Lipinski definition) is 1. The molecule has 0 radical (unpaired) electrons. The van der Waals surface area contributed by atoms with Crippen molar-refractivity contribution in [2.24, 2.45) is 5.92 Å². The van der Waals surface area contributed by atoms with E-state index in [1.165, 1.54) is 25.1 Å². The monoisotopic (exact) mass is 208 g/mol. The Morgan fingerprint density at radius 3 is 2.60 bits per heavy atom. The van der Waals surface area contributed by atoms with Crippen molar-refractivity contribution >= 4 is 0 Å². The van der Waals surface area contributed by atoms with Crippen LogP contribution >= 0.6 is 0 Å². The molecule has 1 fully saturated rings. The summed E-state index contributed by atoms with van der Waals surface area (Å²) in [6, 6.07) is 4.00. The second kappa shape index (κ2) is 4.27. The zero-order valence-corrected chi connectivity index (χ0v) is 9.20. The quantitative estimate of drug-likeness (QED) is 0.822. The minimum atomic E-state index is -0.266. The highest BCUT2D eigenvalue weighted by Gasteiger charge is 2.33. The summed E-state index contributed by atoms with van der Waals surface area (Å²) in [6.45, 7) is 4.25. The second-order valence-corrected chi connectivity index (χ2v) is 4.54. The van der Waals surface area contributed by atoms with Gasteiger partial charge in [-0.25, -0.2) is 4.39 Å². The summed E-state index contributed by atoms with van der Waals surface area (Å²) in [6.07, 6.45) is 3.81. The predicted octanol–water partition coefficient (Wildman–Crippen LogP) is 2.67. The maximum Gasteiger partial charge on any atom is 0.141 e. The molecule has 0 aliphatic heterocycles. The molecule has 1 unspecified atom stereocenters. The first kappa shape index (κ1) is 10.6. The van der Waals surface area contributed by atoms with Gasteiger partial charge in [0.15, 0.2) is 0 Å².